The second-order valence-corrected chi connectivity index (χ2v) is 7.27. The summed E-state index contributed by atoms with van der Waals surface area (Å²) in [4.78, 5) is 20.2. The molecule has 0 fully saturated rings. The van der Waals surface area contributed by atoms with Crippen molar-refractivity contribution in [1.82, 2.24) is 0 Å². The lowest BCUT2D eigenvalue weighted by Gasteiger charge is -2.45. The van der Waals surface area contributed by atoms with E-state index in [1.807, 2.05) is 54.6 Å². The van der Waals surface area contributed by atoms with Gasteiger partial charge in [0.25, 0.3) is 5.91 Å². The van der Waals surface area contributed by atoms with E-state index in [1.54, 1.807) is 0 Å². The zero-order chi connectivity index (χ0) is 18.7. The van der Waals surface area contributed by atoms with E-state index in [-0.39, 0.29) is 18.0 Å². The Morgan fingerprint density at radius 3 is 2.50 bits per heavy atom. The number of aliphatic imine (C=N–C) groups is 1. The summed E-state index contributed by atoms with van der Waals surface area (Å²) < 4.78 is 0. The monoisotopic (exact) mass is 363 g/mol. The molecule has 4 nitrogen and oxygen atoms in total. The first-order valence-corrected chi connectivity index (χ1v) is 9.44. The molecule has 134 valence electrons. The summed E-state index contributed by atoms with van der Waals surface area (Å²) in [6, 6.07) is 26.0. The molecule has 0 aromatic heterocycles. The van der Waals surface area contributed by atoms with Crippen molar-refractivity contribution in [2.75, 3.05) is 10.2 Å². The van der Waals surface area contributed by atoms with Crippen LogP contribution in [-0.2, 0) is 4.79 Å². The van der Waals surface area contributed by atoms with E-state index >= 15 is 0 Å². The first kappa shape index (κ1) is 15.4. The SMILES string of the molecule is O=C1Nc2ccccc2N2C(c3ccccc3)C3=Nc4ccccc4C3=C[C@@H]12. The Bertz CT molecular complexity index is 1180. The van der Waals surface area contributed by atoms with E-state index in [2.05, 4.69) is 40.6 Å². The summed E-state index contributed by atoms with van der Waals surface area (Å²) >= 11 is 0. The zero-order valence-corrected chi connectivity index (χ0v) is 15.0. The van der Waals surface area contributed by atoms with E-state index < -0.39 is 0 Å². The van der Waals surface area contributed by atoms with Crippen molar-refractivity contribution in [3.63, 3.8) is 0 Å². The number of rotatable bonds is 1. The highest BCUT2D eigenvalue weighted by atomic mass is 16.2. The molecule has 0 aliphatic carbocycles. The summed E-state index contributed by atoms with van der Waals surface area (Å²) in [5.74, 6) is -0.00411. The molecule has 4 heteroatoms. The Kier molecular flexibility index (Phi) is 3.12. The van der Waals surface area contributed by atoms with Gasteiger partial charge in [-0.2, -0.15) is 0 Å². The molecule has 2 atom stereocenters. The minimum Gasteiger partial charge on any atom is -0.342 e. The highest BCUT2D eigenvalue weighted by Gasteiger charge is 2.45. The molecule has 3 aromatic rings. The summed E-state index contributed by atoms with van der Waals surface area (Å²) in [5, 5.41) is 3.07. The van der Waals surface area contributed by atoms with Crippen LogP contribution in [0.1, 0.15) is 17.2 Å². The standard InChI is InChI=1S/C24H17N3O/c28-24-21-14-17-16-10-4-5-11-18(16)25-22(17)23(15-8-2-1-3-9-15)27(21)20-13-7-6-12-19(20)26-24/h1-14,21,23H,(H,26,28)/t21-,23?/m0/s1. The molecule has 3 aliphatic rings. The maximum Gasteiger partial charge on any atom is 0.251 e. The molecule has 3 aliphatic heterocycles. The molecule has 28 heavy (non-hydrogen) atoms. The Hall–Kier alpha value is -3.66. The highest BCUT2D eigenvalue weighted by molar-refractivity contribution is 6.34. The maximum absolute atomic E-state index is 13.0. The van der Waals surface area contributed by atoms with Crippen LogP contribution in [0.15, 0.2) is 89.9 Å². The molecular formula is C24H17N3O. The third-order valence-corrected chi connectivity index (χ3v) is 5.70. The molecule has 0 saturated carbocycles. The number of benzene rings is 3. The number of para-hydroxylation sites is 3. The number of fused-ring (bicyclic) bond motifs is 6. The fourth-order valence-corrected chi connectivity index (χ4v) is 4.50. The minimum atomic E-state index is -0.375. The second kappa shape index (κ2) is 5.67. The Morgan fingerprint density at radius 1 is 0.857 bits per heavy atom. The lowest BCUT2D eigenvalue weighted by Crippen LogP contribution is -2.53. The van der Waals surface area contributed by atoms with Crippen molar-refractivity contribution in [3.05, 3.63) is 96.1 Å². The molecule has 1 unspecified atom stereocenters. The number of nitrogens with one attached hydrogen (secondary N) is 1. The fourth-order valence-electron chi connectivity index (χ4n) is 4.50. The van der Waals surface area contributed by atoms with Gasteiger partial charge in [0.1, 0.15) is 6.04 Å². The molecule has 0 bridgehead atoms. The molecule has 1 N–H and O–H groups in total. The van der Waals surface area contributed by atoms with Gasteiger partial charge in [-0.15, -0.1) is 0 Å². The Labute approximate surface area is 162 Å². The second-order valence-electron chi connectivity index (χ2n) is 7.27. The number of hydrogen-bond acceptors (Lipinski definition) is 3. The molecular weight excluding hydrogens is 346 g/mol. The van der Waals surface area contributed by atoms with Crippen LogP contribution < -0.4 is 10.2 Å². The van der Waals surface area contributed by atoms with Gasteiger partial charge < -0.3 is 10.2 Å². The average molecular weight is 363 g/mol. The molecule has 0 spiro atoms. The summed E-state index contributed by atoms with van der Waals surface area (Å²) in [7, 11) is 0. The van der Waals surface area contributed by atoms with Gasteiger partial charge in [0.05, 0.1) is 28.8 Å². The van der Waals surface area contributed by atoms with Gasteiger partial charge in [-0.25, -0.2) is 4.99 Å². The molecule has 3 aromatic carbocycles. The number of hydrogen-bond donors (Lipinski definition) is 1. The largest absolute Gasteiger partial charge is 0.342 e. The fraction of sp³-hybridized carbons (Fsp3) is 0.0833. The van der Waals surface area contributed by atoms with Crippen molar-refractivity contribution in [2.24, 2.45) is 4.99 Å². The van der Waals surface area contributed by atoms with Crippen molar-refractivity contribution in [2.45, 2.75) is 12.1 Å². The van der Waals surface area contributed by atoms with Gasteiger partial charge in [-0.1, -0.05) is 60.7 Å². The number of carbonyl (C=O) groups excluding carboxylic acids is 1. The lowest BCUT2D eigenvalue weighted by atomic mass is 9.85. The third-order valence-electron chi connectivity index (χ3n) is 5.70. The Balaban J connectivity index is 1.64. The van der Waals surface area contributed by atoms with Crippen LogP contribution in [-0.4, -0.2) is 17.7 Å². The van der Waals surface area contributed by atoms with E-state index in [1.165, 1.54) is 0 Å². The van der Waals surface area contributed by atoms with Crippen LogP contribution in [0.3, 0.4) is 0 Å². The van der Waals surface area contributed by atoms with Crippen LogP contribution in [0, 0.1) is 0 Å². The lowest BCUT2D eigenvalue weighted by molar-refractivity contribution is -0.116. The van der Waals surface area contributed by atoms with Gasteiger partial charge in [0.15, 0.2) is 0 Å². The van der Waals surface area contributed by atoms with E-state index in [4.69, 9.17) is 4.99 Å². The molecule has 3 heterocycles. The van der Waals surface area contributed by atoms with Crippen LogP contribution in [0.4, 0.5) is 17.1 Å². The van der Waals surface area contributed by atoms with Crippen LogP contribution in [0.5, 0.6) is 0 Å². The number of nitrogens with zero attached hydrogens (tertiary/aromatic N) is 2. The van der Waals surface area contributed by atoms with Gasteiger partial charge >= 0.3 is 0 Å². The first-order chi connectivity index (χ1) is 13.8. The average Bonchev–Trinajstić information content (AvgIpc) is 3.11. The van der Waals surface area contributed by atoms with Crippen molar-refractivity contribution in [1.29, 1.82) is 0 Å². The van der Waals surface area contributed by atoms with E-state index in [0.717, 1.165) is 39.5 Å². The van der Waals surface area contributed by atoms with Gasteiger partial charge in [0.2, 0.25) is 0 Å². The smallest absolute Gasteiger partial charge is 0.251 e. The van der Waals surface area contributed by atoms with Crippen molar-refractivity contribution < 1.29 is 4.79 Å². The summed E-state index contributed by atoms with van der Waals surface area (Å²) in [6.45, 7) is 0. The van der Waals surface area contributed by atoms with E-state index in [9.17, 15) is 4.79 Å². The quantitative estimate of drug-likeness (QED) is 0.679. The maximum atomic E-state index is 13.0. The highest BCUT2D eigenvalue weighted by Crippen LogP contribution is 2.48. The minimum absolute atomic E-state index is 0.00411. The van der Waals surface area contributed by atoms with Crippen molar-refractivity contribution in [3.8, 4) is 0 Å². The normalized spacial score (nSPS) is 21.6. The van der Waals surface area contributed by atoms with E-state index in [0.29, 0.717) is 0 Å². The van der Waals surface area contributed by atoms with Gasteiger partial charge in [0, 0.05) is 11.1 Å². The summed E-state index contributed by atoms with van der Waals surface area (Å²) in [6.07, 6.45) is 2.06. The first-order valence-electron chi connectivity index (χ1n) is 9.44. The predicted octanol–water partition coefficient (Wildman–Crippen LogP) is 4.74. The van der Waals surface area contributed by atoms with Gasteiger partial charge in [-0.3, -0.25) is 4.79 Å². The Morgan fingerprint density at radius 2 is 1.61 bits per heavy atom. The molecule has 6 rings (SSSR count). The van der Waals surface area contributed by atoms with Gasteiger partial charge in [-0.05, 0) is 29.8 Å². The zero-order valence-electron chi connectivity index (χ0n) is 15.0. The number of carbonyl (C=O) groups is 1. The van der Waals surface area contributed by atoms with Crippen LogP contribution in [0.2, 0.25) is 0 Å². The molecule has 1 amide bonds. The molecule has 0 radical (unpaired) electrons. The van der Waals surface area contributed by atoms with Crippen LogP contribution >= 0.6 is 0 Å². The van der Waals surface area contributed by atoms with Crippen molar-refractivity contribution >= 4 is 34.3 Å². The topological polar surface area (TPSA) is 44.7 Å². The summed E-state index contributed by atoms with van der Waals surface area (Å²) in [5.41, 5.74) is 7.15. The number of amides is 1. The third kappa shape index (κ3) is 2.06. The van der Waals surface area contributed by atoms with Crippen LogP contribution in [0.25, 0.3) is 5.57 Å². The predicted molar refractivity (Wildman–Crippen MR) is 112 cm³/mol. The molecule has 0 saturated heterocycles. The number of anilines is 2.